The van der Waals surface area contributed by atoms with Gasteiger partial charge >= 0.3 is 0 Å². The highest BCUT2D eigenvalue weighted by Crippen LogP contribution is 2.26. The second kappa shape index (κ2) is 6.35. The molecule has 2 rings (SSSR count). The van der Waals surface area contributed by atoms with Gasteiger partial charge in [0.1, 0.15) is 0 Å². The zero-order chi connectivity index (χ0) is 13.9. The molecule has 1 saturated heterocycles. The fourth-order valence-corrected chi connectivity index (χ4v) is 3.19. The van der Waals surface area contributed by atoms with Gasteiger partial charge in [0.05, 0.1) is 12.2 Å². The topological polar surface area (TPSA) is 53.2 Å². The van der Waals surface area contributed by atoms with Crippen molar-refractivity contribution in [3.8, 4) is 0 Å². The van der Waals surface area contributed by atoms with Gasteiger partial charge in [0, 0.05) is 21.0 Å². The number of hydrogen-bond acceptors (Lipinski definition) is 3. The van der Waals surface area contributed by atoms with E-state index < -0.39 is 0 Å². The first-order chi connectivity index (χ1) is 8.98. The Morgan fingerprint density at radius 1 is 1.47 bits per heavy atom. The van der Waals surface area contributed by atoms with Crippen LogP contribution >= 0.6 is 31.9 Å². The van der Waals surface area contributed by atoms with E-state index in [1.54, 1.807) is 0 Å². The summed E-state index contributed by atoms with van der Waals surface area (Å²) in [5.41, 5.74) is 0.804. The van der Waals surface area contributed by atoms with E-state index >= 15 is 0 Å². The van der Waals surface area contributed by atoms with Crippen molar-refractivity contribution in [2.45, 2.75) is 18.9 Å². The molecule has 1 unspecified atom stereocenters. The molecule has 3 N–H and O–H groups in total. The molecule has 1 amide bonds. The summed E-state index contributed by atoms with van der Waals surface area (Å²) < 4.78 is 1.84. The lowest BCUT2D eigenvalue weighted by Crippen LogP contribution is -2.47. The Morgan fingerprint density at radius 3 is 2.89 bits per heavy atom. The Kier molecular flexibility index (Phi) is 5.00. The normalized spacial score (nSPS) is 22.5. The number of carbonyl (C=O) groups excluding carboxylic acids is 1. The molecule has 1 atom stereocenters. The molecule has 1 aromatic carbocycles. The van der Waals surface area contributed by atoms with E-state index in [2.05, 4.69) is 54.7 Å². The maximum absolute atomic E-state index is 11.9. The fraction of sp³-hybridized carbons (Fsp3) is 0.462. The van der Waals surface area contributed by atoms with Crippen LogP contribution in [0.4, 0.5) is 5.69 Å². The number of rotatable bonds is 4. The summed E-state index contributed by atoms with van der Waals surface area (Å²) in [6, 6.07) is 5.67. The van der Waals surface area contributed by atoms with Gasteiger partial charge in [-0.15, -0.1) is 0 Å². The molecule has 6 heteroatoms. The molecule has 1 aliphatic rings. The van der Waals surface area contributed by atoms with Gasteiger partial charge in [0.15, 0.2) is 0 Å². The molecule has 0 spiro atoms. The van der Waals surface area contributed by atoms with Gasteiger partial charge in [-0.3, -0.25) is 4.79 Å². The van der Waals surface area contributed by atoms with E-state index in [0.717, 1.165) is 34.1 Å². The second-order valence-electron chi connectivity index (χ2n) is 5.01. The van der Waals surface area contributed by atoms with Crippen molar-refractivity contribution in [3.05, 3.63) is 27.1 Å². The molecule has 19 heavy (non-hydrogen) atoms. The first kappa shape index (κ1) is 15.0. The number of amides is 1. The molecule has 0 aromatic heterocycles. The third-order valence-corrected chi connectivity index (χ3v) is 4.40. The molecule has 1 heterocycles. The SMILES string of the molecule is CC1(NCC(=O)Nc2ccc(Br)cc2Br)CCNC1. The van der Waals surface area contributed by atoms with Gasteiger partial charge in [-0.2, -0.15) is 0 Å². The third-order valence-electron chi connectivity index (χ3n) is 3.25. The average molecular weight is 391 g/mol. The smallest absolute Gasteiger partial charge is 0.238 e. The summed E-state index contributed by atoms with van der Waals surface area (Å²) in [6.07, 6.45) is 1.04. The van der Waals surface area contributed by atoms with Crippen LogP contribution in [0.25, 0.3) is 0 Å². The van der Waals surface area contributed by atoms with Crippen LogP contribution in [0, 0.1) is 0 Å². The van der Waals surface area contributed by atoms with Gasteiger partial charge in [-0.25, -0.2) is 0 Å². The van der Waals surface area contributed by atoms with Crippen LogP contribution in [-0.2, 0) is 4.79 Å². The molecular formula is C13H17Br2N3O. The lowest BCUT2D eigenvalue weighted by Gasteiger charge is -2.24. The fourth-order valence-electron chi connectivity index (χ4n) is 2.05. The summed E-state index contributed by atoms with van der Waals surface area (Å²) in [4.78, 5) is 11.9. The molecule has 0 radical (unpaired) electrons. The molecule has 1 fully saturated rings. The van der Waals surface area contributed by atoms with E-state index in [1.165, 1.54) is 0 Å². The maximum atomic E-state index is 11.9. The largest absolute Gasteiger partial charge is 0.324 e. The van der Waals surface area contributed by atoms with Gasteiger partial charge in [-0.1, -0.05) is 15.9 Å². The lowest BCUT2D eigenvalue weighted by atomic mass is 10.0. The summed E-state index contributed by atoms with van der Waals surface area (Å²) in [7, 11) is 0. The van der Waals surface area contributed by atoms with E-state index in [9.17, 15) is 4.79 Å². The van der Waals surface area contributed by atoms with Crippen molar-refractivity contribution < 1.29 is 4.79 Å². The molecular weight excluding hydrogens is 374 g/mol. The molecule has 0 aliphatic carbocycles. The molecule has 104 valence electrons. The Bertz CT molecular complexity index is 473. The number of nitrogens with one attached hydrogen (secondary N) is 3. The Balaban J connectivity index is 1.87. The second-order valence-corrected chi connectivity index (χ2v) is 6.78. The van der Waals surface area contributed by atoms with E-state index in [0.29, 0.717) is 6.54 Å². The predicted molar refractivity (Wildman–Crippen MR) is 84.4 cm³/mol. The van der Waals surface area contributed by atoms with Crippen LogP contribution in [0.5, 0.6) is 0 Å². The number of benzene rings is 1. The monoisotopic (exact) mass is 389 g/mol. The predicted octanol–water partition coefficient (Wildman–Crippen LogP) is 2.49. The number of hydrogen-bond donors (Lipinski definition) is 3. The first-order valence-electron chi connectivity index (χ1n) is 6.19. The summed E-state index contributed by atoms with van der Waals surface area (Å²) in [5.74, 6) is -0.0313. The Morgan fingerprint density at radius 2 is 2.26 bits per heavy atom. The lowest BCUT2D eigenvalue weighted by molar-refractivity contribution is -0.115. The maximum Gasteiger partial charge on any atom is 0.238 e. The van der Waals surface area contributed by atoms with E-state index in [-0.39, 0.29) is 11.4 Å². The minimum absolute atomic E-state index is 0.0221. The van der Waals surface area contributed by atoms with Crippen molar-refractivity contribution in [1.29, 1.82) is 0 Å². The molecule has 0 bridgehead atoms. The summed E-state index contributed by atoms with van der Waals surface area (Å²) >= 11 is 6.81. The molecule has 4 nitrogen and oxygen atoms in total. The molecule has 0 saturated carbocycles. The van der Waals surface area contributed by atoms with Crippen LogP contribution < -0.4 is 16.0 Å². The summed E-state index contributed by atoms with van der Waals surface area (Å²) in [5, 5.41) is 9.49. The minimum Gasteiger partial charge on any atom is -0.324 e. The van der Waals surface area contributed by atoms with Crippen LogP contribution in [-0.4, -0.2) is 31.1 Å². The van der Waals surface area contributed by atoms with Gasteiger partial charge in [0.2, 0.25) is 5.91 Å². The molecule has 1 aliphatic heterocycles. The van der Waals surface area contributed by atoms with Crippen LogP contribution in [0.3, 0.4) is 0 Å². The highest BCUT2D eigenvalue weighted by Gasteiger charge is 2.28. The highest BCUT2D eigenvalue weighted by atomic mass is 79.9. The minimum atomic E-state index is -0.0313. The first-order valence-corrected chi connectivity index (χ1v) is 7.78. The molecule has 1 aromatic rings. The van der Waals surface area contributed by atoms with Crippen molar-refractivity contribution in [2.75, 3.05) is 25.0 Å². The zero-order valence-corrected chi connectivity index (χ0v) is 13.9. The Labute approximate surface area is 130 Å². The van der Waals surface area contributed by atoms with Crippen LogP contribution in [0.1, 0.15) is 13.3 Å². The van der Waals surface area contributed by atoms with Crippen LogP contribution in [0.15, 0.2) is 27.1 Å². The Hall–Kier alpha value is -0.430. The average Bonchev–Trinajstić information content (AvgIpc) is 2.78. The zero-order valence-electron chi connectivity index (χ0n) is 10.7. The van der Waals surface area contributed by atoms with E-state index in [1.807, 2.05) is 18.2 Å². The standard InChI is InChI=1S/C13H17Br2N3O/c1-13(4-5-16-8-13)17-7-12(19)18-11-3-2-9(14)6-10(11)15/h2-3,6,16-17H,4-5,7-8H2,1H3,(H,18,19). The quantitative estimate of drug-likeness (QED) is 0.740. The number of halogens is 2. The highest BCUT2D eigenvalue weighted by molar-refractivity contribution is 9.11. The summed E-state index contributed by atoms with van der Waals surface area (Å²) in [6.45, 7) is 4.36. The van der Waals surface area contributed by atoms with Crippen molar-refractivity contribution in [1.82, 2.24) is 10.6 Å². The number of carbonyl (C=O) groups is 1. The van der Waals surface area contributed by atoms with Gasteiger partial charge in [-0.05, 0) is 54.0 Å². The van der Waals surface area contributed by atoms with Crippen molar-refractivity contribution >= 4 is 43.5 Å². The van der Waals surface area contributed by atoms with Crippen LogP contribution in [0.2, 0.25) is 0 Å². The van der Waals surface area contributed by atoms with Crippen molar-refractivity contribution in [3.63, 3.8) is 0 Å². The third kappa shape index (κ3) is 4.27. The number of anilines is 1. The van der Waals surface area contributed by atoms with E-state index in [4.69, 9.17) is 0 Å². The van der Waals surface area contributed by atoms with Gasteiger partial charge in [0.25, 0.3) is 0 Å². The van der Waals surface area contributed by atoms with Crippen molar-refractivity contribution in [2.24, 2.45) is 0 Å². The van der Waals surface area contributed by atoms with Gasteiger partial charge < -0.3 is 16.0 Å².